The molecular formula is C12H18N2O2S2. The minimum atomic E-state index is -3.45. The van der Waals surface area contributed by atoms with E-state index < -0.39 is 10.0 Å². The highest BCUT2D eigenvalue weighted by Gasteiger charge is 2.33. The maximum absolute atomic E-state index is 12.2. The zero-order chi connectivity index (χ0) is 13.2. The Balaban J connectivity index is 2.18. The SMILES string of the molecule is CSc1cccc(S(=O)(=O)NC(CN)C2CC2)c1. The molecule has 2 rings (SSSR count). The van der Waals surface area contributed by atoms with Crippen LogP contribution in [0.3, 0.4) is 0 Å². The van der Waals surface area contributed by atoms with Gasteiger partial charge in [-0.05, 0) is 43.2 Å². The van der Waals surface area contributed by atoms with Crippen molar-refractivity contribution in [2.45, 2.75) is 28.7 Å². The van der Waals surface area contributed by atoms with Crippen molar-refractivity contribution in [2.24, 2.45) is 11.7 Å². The Labute approximate surface area is 112 Å². The molecule has 1 aromatic rings. The predicted molar refractivity (Wildman–Crippen MR) is 74.1 cm³/mol. The third-order valence-corrected chi connectivity index (χ3v) is 5.32. The fourth-order valence-corrected chi connectivity index (χ4v) is 3.77. The first kappa shape index (κ1) is 13.9. The fourth-order valence-electron chi connectivity index (χ4n) is 1.87. The van der Waals surface area contributed by atoms with Crippen molar-refractivity contribution in [1.82, 2.24) is 4.72 Å². The summed E-state index contributed by atoms with van der Waals surface area (Å²) in [6, 6.07) is 6.82. The van der Waals surface area contributed by atoms with Crippen LogP contribution in [0.1, 0.15) is 12.8 Å². The second-order valence-electron chi connectivity index (χ2n) is 4.48. The quantitative estimate of drug-likeness (QED) is 0.776. The molecule has 1 aromatic carbocycles. The van der Waals surface area contributed by atoms with Gasteiger partial charge in [0.25, 0.3) is 0 Å². The fraction of sp³-hybridized carbons (Fsp3) is 0.500. The molecule has 0 amide bonds. The molecule has 18 heavy (non-hydrogen) atoms. The number of nitrogens with one attached hydrogen (secondary N) is 1. The first-order valence-corrected chi connectivity index (χ1v) is 8.64. The smallest absolute Gasteiger partial charge is 0.240 e. The number of sulfonamides is 1. The van der Waals surface area contributed by atoms with E-state index in [0.29, 0.717) is 17.4 Å². The molecule has 0 aliphatic heterocycles. The van der Waals surface area contributed by atoms with E-state index >= 15 is 0 Å². The average molecular weight is 286 g/mol. The minimum absolute atomic E-state index is 0.132. The molecule has 100 valence electrons. The second-order valence-corrected chi connectivity index (χ2v) is 7.07. The van der Waals surface area contributed by atoms with Crippen LogP contribution in [-0.2, 0) is 10.0 Å². The van der Waals surface area contributed by atoms with Crippen molar-refractivity contribution in [3.63, 3.8) is 0 Å². The van der Waals surface area contributed by atoms with Crippen LogP contribution in [0.4, 0.5) is 0 Å². The summed E-state index contributed by atoms with van der Waals surface area (Å²) >= 11 is 1.53. The van der Waals surface area contributed by atoms with Crippen LogP contribution in [0.15, 0.2) is 34.1 Å². The summed E-state index contributed by atoms with van der Waals surface area (Å²) in [5.41, 5.74) is 5.62. The van der Waals surface area contributed by atoms with Crippen LogP contribution in [0.25, 0.3) is 0 Å². The zero-order valence-corrected chi connectivity index (χ0v) is 11.9. The lowest BCUT2D eigenvalue weighted by molar-refractivity contribution is 0.519. The number of rotatable bonds is 6. The topological polar surface area (TPSA) is 72.2 Å². The van der Waals surface area contributed by atoms with Gasteiger partial charge in [-0.3, -0.25) is 0 Å². The normalized spacial score (nSPS) is 17.7. The molecule has 0 saturated heterocycles. The molecule has 6 heteroatoms. The molecule has 1 fully saturated rings. The number of thioether (sulfide) groups is 1. The first-order chi connectivity index (χ1) is 8.56. The van der Waals surface area contributed by atoms with Gasteiger partial charge >= 0.3 is 0 Å². The second kappa shape index (κ2) is 5.61. The summed E-state index contributed by atoms with van der Waals surface area (Å²) in [7, 11) is -3.45. The average Bonchev–Trinajstić information content (AvgIpc) is 3.20. The van der Waals surface area contributed by atoms with E-state index in [0.717, 1.165) is 17.7 Å². The molecule has 0 bridgehead atoms. The van der Waals surface area contributed by atoms with Crippen molar-refractivity contribution >= 4 is 21.8 Å². The Morgan fingerprint density at radius 3 is 2.78 bits per heavy atom. The number of hydrogen-bond donors (Lipinski definition) is 2. The molecule has 1 atom stereocenters. The van der Waals surface area contributed by atoms with Gasteiger partial charge in [0.05, 0.1) is 4.90 Å². The van der Waals surface area contributed by atoms with Crippen molar-refractivity contribution in [1.29, 1.82) is 0 Å². The Kier molecular flexibility index (Phi) is 4.32. The molecule has 1 aliphatic carbocycles. The van der Waals surface area contributed by atoms with Crippen molar-refractivity contribution in [3.8, 4) is 0 Å². The highest BCUT2D eigenvalue weighted by molar-refractivity contribution is 7.98. The van der Waals surface area contributed by atoms with Gasteiger partial charge in [0.2, 0.25) is 10.0 Å². The molecule has 1 unspecified atom stereocenters. The van der Waals surface area contributed by atoms with Gasteiger partial charge in [-0.25, -0.2) is 13.1 Å². The summed E-state index contributed by atoms with van der Waals surface area (Å²) in [5.74, 6) is 0.411. The highest BCUT2D eigenvalue weighted by atomic mass is 32.2. The maximum Gasteiger partial charge on any atom is 0.240 e. The largest absolute Gasteiger partial charge is 0.329 e. The number of hydrogen-bond acceptors (Lipinski definition) is 4. The third-order valence-electron chi connectivity index (χ3n) is 3.10. The van der Waals surface area contributed by atoms with Crippen LogP contribution >= 0.6 is 11.8 Å². The summed E-state index contributed by atoms with van der Waals surface area (Å²) < 4.78 is 27.2. The monoisotopic (exact) mass is 286 g/mol. The first-order valence-electron chi connectivity index (χ1n) is 5.93. The van der Waals surface area contributed by atoms with Gasteiger partial charge < -0.3 is 5.73 Å². The molecule has 0 heterocycles. The summed E-state index contributed by atoms with van der Waals surface area (Å²) in [6.45, 7) is 0.353. The van der Waals surface area contributed by atoms with E-state index in [4.69, 9.17) is 5.73 Å². The molecule has 4 nitrogen and oxygen atoms in total. The van der Waals surface area contributed by atoms with Gasteiger partial charge in [-0.1, -0.05) is 6.07 Å². The summed E-state index contributed by atoms with van der Waals surface area (Å²) in [4.78, 5) is 1.25. The van der Waals surface area contributed by atoms with Crippen LogP contribution in [0.2, 0.25) is 0 Å². The lowest BCUT2D eigenvalue weighted by Gasteiger charge is -2.16. The van der Waals surface area contributed by atoms with E-state index in [9.17, 15) is 8.42 Å². The minimum Gasteiger partial charge on any atom is -0.329 e. The van der Waals surface area contributed by atoms with Crippen molar-refractivity contribution < 1.29 is 8.42 Å². The Hall–Kier alpha value is -0.560. The van der Waals surface area contributed by atoms with Crippen LogP contribution < -0.4 is 10.5 Å². The highest BCUT2D eigenvalue weighted by Crippen LogP contribution is 2.33. The summed E-state index contributed by atoms with van der Waals surface area (Å²) in [6.07, 6.45) is 4.05. The predicted octanol–water partition coefficient (Wildman–Crippen LogP) is 1.42. The zero-order valence-electron chi connectivity index (χ0n) is 10.3. The van der Waals surface area contributed by atoms with Crippen molar-refractivity contribution in [2.75, 3.05) is 12.8 Å². The Morgan fingerprint density at radius 2 is 2.22 bits per heavy atom. The van der Waals surface area contributed by atoms with E-state index in [-0.39, 0.29) is 6.04 Å². The van der Waals surface area contributed by atoms with Crippen molar-refractivity contribution in [3.05, 3.63) is 24.3 Å². The van der Waals surface area contributed by atoms with E-state index in [2.05, 4.69) is 4.72 Å². The molecular weight excluding hydrogens is 268 g/mol. The molecule has 3 N–H and O–H groups in total. The number of benzene rings is 1. The number of nitrogens with two attached hydrogens (primary N) is 1. The molecule has 0 aromatic heterocycles. The lowest BCUT2D eigenvalue weighted by atomic mass is 10.2. The van der Waals surface area contributed by atoms with E-state index in [1.165, 1.54) is 11.8 Å². The molecule has 1 aliphatic rings. The van der Waals surface area contributed by atoms with Gasteiger partial charge in [0, 0.05) is 17.5 Å². The summed E-state index contributed by atoms with van der Waals surface area (Å²) in [5, 5.41) is 0. The lowest BCUT2D eigenvalue weighted by Crippen LogP contribution is -2.41. The Morgan fingerprint density at radius 1 is 1.50 bits per heavy atom. The van der Waals surface area contributed by atoms with Gasteiger partial charge in [-0.2, -0.15) is 0 Å². The standard InChI is InChI=1S/C12H18N2O2S2/c1-17-10-3-2-4-11(7-10)18(15,16)14-12(8-13)9-5-6-9/h2-4,7,9,12,14H,5-6,8,13H2,1H3. The van der Waals surface area contributed by atoms with Gasteiger partial charge in [0.1, 0.15) is 0 Å². The molecule has 0 radical (unpaired) electrons. The third kappa shape index (κ3) is 3.26. The molecule has 1 saturated carbocycles. The molecule has 0 spiro atoms. The maximum atomic E-state index is 12.2. The Bertz CT molecular complexity index is 513. The van der Waals surface area contributed by atoms with Gasteiger partial charge in [-0.15, -0.1) is 11.8 Å². The van der Waals surface area contributed by atoms with Gasteiger partial charge in [0.15, 0.2) is 0 Å². The van der Waals surface area contributed by atoms with E-state index in [1.807, 2.05) is 12.3 Å². The van der Waals surface area contributed by atoms with E-state index in [1.54, 1.807) is 18.2 Å². The van der Waals surface area contributed by atoms with Crippen LogP contribution in [-0.4, -0.2) is 27.3 Å². The van der Waals surface area contributed by atoms with Crippen LogP contribution in [0, 0.1) is 5.92 Å². The van der Waals surface area contributed by atoms with Crippen LogP contribution in [0.5, 0.6) is 0 Å².